The van der Waals surface area contributed by atoms with E-state index in [1.54, 1.807) is 0 Å². The topological polar surface area (TPSA) is 149 Å². The molecule has 6 atom stereocenters. The highest BCUT2D eigenvalue weighted by molar-refractivity contribution is 7.71. The monoisotopic (exact) mass is 550 g/mol. The van der Waals surface area contributed by atoms with E-state index >= 15 is 0 Å². The minimum absolute atomic E-state index is 0.0119. The Morgan fingerprint density at radius 3 is 2.69 bits per heavy atom. The third-order valence-electron chi connectivity index (χ3n) is 5.23. The van der Waals surface area contributed by atoms with Crippen molar-refractivity contribution in [3.05, 3.63) is 56.7 Å². The summed E-state index contributed by atoms with van der Waals surface area (Å²) in [5, 5.41) is 22.2. The van der Waals surface area contributed by atoms with Crippen LogP contribution in [0.1, 0.15) is 22.8 Å². The van der Waals surface area contributed by atoms with E-state index in [4.69, 9.17) is 40.3 Å². The van der Waals surface area contributed by atoms with Gasteiger partial charge in [0, 0.05) is 17.3 Å². The van der Waals surface area contributed by atoms with E-state index in [0.29, 0.717) is 5.02 Å². The van der Waals surface area contributed by atoms with Gasteiger partial charge in [-0.2, -0.15) is 0 Å². The molecule has 3 rings (SSSR count). The summed E-state index contributed by atoms with van der Waals surface area (Å²) in [4.78, 5) is 25.9. The fraction of sp³-hybridized carbons (Fsp3) is 0.476. The maximum Gasteiger partial charge on any atom is 0.380 e. The van der Waals surface area contributed by atoms with E-state index in [1.165, 1.54) is 44.3 Å². The van der Waals surface area contributed by atoms with E-state index < -0.39 is 61.8 Å². The number of benzene rings is 1. The molecule has 2 heterocycles. The number of nitrogens with zero attached hydrogens (tertiary/aromatic N) is 1. The number of ether oxygens (including phenoxy) is 2. The molecule has 0 spiro atoms. The van der Waals surface area contributed by atoms with Crippen molar-refractivity contribution >= 4 is 37.4 Å². The quantitative estimate of drug-likeness (QED) is 0.241. The molecule has 35 heavy (non-hydrogen) atoms. The van der Waals surface area contributed by atoms with Crippen LogP contribution in [0.3, 0.4) is 0 Å². The molecule has 11 nitrogen and oxygen atoms in total. The number of esters is 1. The van der Waals surface area contributed by atoms with E-state index in [-0.39, 0.29) is 10.5 Å². The van der Waals surface area contributed by atoms with Gasteiger partial charge in [0.25, 0.3) is 5.56 Å². The van der Waals surface area contributed by atoms with Crippen LogP contribution in [0.4, 0.5) is 0 Å². The van der Waals surface area contributed by atoms with Crippen molar-refractivity contribution in [3.8, 4) is 5.75 Å². The largest absolute Gasteiger partial charge is 0.469 e. The average Bonchev–Trinajstić information content (AvgIpc) is 3.04. The van der Waals surface area contributed by atoms with Crippen molar-refractivity contribution in [1.29, 1.82) is 0 Å². The lowest BCUT2D eigenvalue weighted by molar-refractivity contribution is -0.144. The Bertz CT molecular complexity index is 1300. The van der Waals surface area contributed by atoms with Crippen molar-refractivity contribution in [1.82, 2.24) is 9.55 Å². The van der Waals surface area contributed by atoms with Gasteiger partial charge < -0.3 is 24.2 Å². The number of nitrogens with one attached hydrogen (secondary N) is 1. The zero-order chi connectivity index (χ0) is 27.8. The number of H-pyrrole nitrogens is 1. The number of aliphatic hydroxyl groups excluding tert-OH is 1. The van der Waals surface area contributed by atoms with Gasteiger partial charge in [-0.15, -0.1) is 0 Å². The fourth-order valence-corrected chi connectivity index (χ4v) is 5.44. The Kier molecular flexibility index (Phi) is 7.68. The van der Waals surface area contributed by atoms with Crippen LogP contribution in [-0.4, -0.2) is 63.4 Å². The van der Waals surface area contributed by atoms with Crippen LogP contribution in [0.5, 0.6) is 5.75 Å². The molecule has 0 bridgehead atoms. The second-order valence-electron chi connectivity index (χ2n) is 8.07. The highest BCUT2D eigenvalue weighted by Crippen LogP contribution is 2.51. The van der Waals surface area contributed by atoms with E-state index in [1.807, 2.05) is 0 Å². The lowest BCUT2D eigenvalue weighted by Gasteiger charge is -2.28. The molecular formula is C21H26ClN2O9PS. The summed E-state index contributed by atoms with van der Waals surface area (Å²) < 4.78 is 52.9. The summed E-state index contributed by atoms with van der Waals surface area (Å²) in [5.74, 6) is -1.75. The third kappa shape index (κ3) is 6.39. The van der Waals surface area contributed by atoms with Crippen molar-refractivity contribution in [2.24, 2.45) is 5.92 Å². The molecule has 1 aromatic heterocycles. The second-order valence-corrected chi connectivity index (χ2v) is 10.8. The van der Waals surface area contributed by atoms with Crippen LogP contribution in [0.2, 0.25) is 5.02 Å². The van der Waals surface area contributed by atoms with Gasteiger partial charge in [0.05, 0.1) is 28.5 Å². The number of carbonyl (C=O) groups excluding carboxylic acids is 1. The molecule has 2 aromatic rings. The van der Waals surface area contributed by atoms with Crippen LogP contribution >= 0.6 is 31.4 Å². The first-order chi connectivity index (χ1) is 17.1. The molecule has 0 saturated carbocycles. The number of methoxy groups -OCH3 is 1. The van der Waals surface area contributed by atoms with Crippen molar-refractivity contribution in [2.45, 2.75) is 37.9 Å². The minimum atomic E-state index is -4.50. The summed E-state index contributed by atoms with van der Waals surface area (Å²) in [6.07, 6.45) is -4.66. The van der Waals surface area contributed by atoms with Gasteiger partial charge in [-0.25, -0.2) is 4.57 Å². The number of halogens is 1. The Morgan fingerprint density at radius 1 is 1.43 bits per heavy atom. The van der Waals surface area contributed by atoms with E-state index in [2.05, 4.69) is 9.72 Å². The molecule has 3 N–H and O–H groups in total. The molecule has 1 fully saturated rings. The molecule has 1 aliphatic rings. The van der Waals surface area contributed by atoms with Crippen LogP contribution in [0, 0.1) is 10.7 Å². The Labute approximate surface area is 213 Å². The highest BCUT2D eigenvalue weighted by Gasteiger charge is 2.53. The maximum absolute atomic E-state index is 13.8. The number of aromatic amines is 1. The molecule has 0 aliphatic carbocycles. The summed E-state index contributed by atoms with van der Waals surface area (Å²) in [6.45, 7) is -0.461. The zero-order valence-electron chi connectivity index (χ0n) is 20.9. The summed E-state index contributed by atoms with van der Waals surface area (Å²) in [7, 11) is -3.36. The second kappa shape index (κ2) is 10.9. The molecule has 0 amide bonds. The number of aromatic nitrogens is 2. The third-order valence-corrected chi connectivity index (χ3v) is 7.66. The van der Waals surface area contributed by atoms with E-state index in [9.17, 15) is 24.4 Å². The molecular weight excluding hydrogens is 523 g/mol. The van der Waals surface area contributed by atoms with Gasteiger partial charge in [0.2, 0.25) is 0 Å². The first kappa shape index (κ1) is 24.6. The first-order valence-corrected chi connectivity index (χ1v) is 12.8. The fourth-order valence-electron chi connectivity index (χ4n) is 3.35. The lowest BCUT2D eigenvalue weighted by atomic mass is 9.96. The minimum Gasteiger partial charge on any atom is -0.469 e. The van der Waals surface area contributed by atoms with Crippen LogP contribution < -0.4 is 10.1 Å². The predicted octanol–water partition coefficient (Wildman–Crippen LogP) is 2.67. The van der Waals surface area contributed by atoms with Crippen molar-refractivity contribution in [2.75, 3.05) is 19.8 Å². The van der Waals surface area contributed by atoms with Gasteiger partial charge in [-0.3, -0.25) is 23.7 Å². The Hall–Kier alpha value is -2.05. The molecule has 1 saturated heterocycles. The van der Waals surface area contributed by atoms with Crippen molar-refractivity contribution in [3.63, 3.8) is 0 Å². The van der Waals surface area contributed by atoms with Gasteiger partial charge in [-0.1, -0.05) is 18.5 Å². The highest BCUT2D eigenvalue weighted by atomic mass is 35.5. The molecule has 1 unspecified atom stereocenters. The lowest BCUT2D eigenvalue weighted by Crippen LogP contribution is -2.44. The van der Waals surface area contributed by atoms with Crippen LogP contribution in [0.25, 0.3) is 0 Å². The van der Waals surface area contributed by atoms with Gasteiger partial charge in [0.1, 0.15) is 23.6 Å². The standard InChI is InChI=1S/C21H26ClN2O9PS/c1-12(18(27)30-3)11-34(29,33-14-6-4-13(22)5-7-14)31-10-15-17(26)21(2,28)19(32-15)24-9-8-16(25)23-20(24)35/h4-9,12,15,17,19,26,28H,10-11H2,1-3H3,(H,23,25,35)/t12-,15-,17+,19-,21?,34-/m1/s1/i10D2. The van der Waals surface area contributed by atoms with E-state index in [0.717, 1.165) is 17.7 Å². The number of hydrogen-bond donors (Lipinski definition) is 3. The number of aliphatic hydroxyl groups is 2. The molecule has 192 valence electrons. The normalized spacial score (nSPS) is 27.9. The van der Waals surface area contributed by atoms with Crippen molar-refractivity contribution < 1.29 is 40.8 Å². The SMILES string of the molecule is [2H]C([2H])(O[P@](=O)(C[C@@H](C)C(=O)OC)Oc1ccc(Cl)cc1)[C@H]1O[C@@H](n2ccc(=O)[nH]c2=S)C(C)(O)[C@H]1O. The molecule has 1 aromatic carbocycles. The van der Waals surface area contributed by atoms with Crippen LogP contribution in [0.15, 0.2) is 41.3 Å². The Morgan fingerprint density at radius 2 is 2.09 bits per heavy atom. The molecule has 0 radical (unpaired) electrons. The maximum atomic E-state index is 13.8. The smallest absolute Gasteiger partial charge is 0.380 e. The summed E-state index contributed by atoms with van der Waals surface area (Å²) >= 11 is 11.0. The summed E-state index contributed by atoms with van der Waals surface area (Å²) in [5.41, 5.74) is -2.65. The number of carbonyl (C=O) groups is 1. The number of rotatable bonds is 9. The zero-order valence-corrected chi connectivity index (χ0v) is 21.4. The molecule has 14 heteroatoms. The Balaban J connectivity index is 1.94. The predicted molar refractivity (Wildman–Crippen MR) is 128 cm³/mol. The van der Waals surface area contributed by atoms with Crippen LogP contribution in [-0.2, 0) is 23.4 Å². The number of hydrogen-bond acceptors (Lipinski definition) is 10. The van der Waals surface area contributed by atoms with Gasteiger partial charge >= 0.3 is 13.6 Å². The first-order valence-electron chi connectivity index (χ1n) is 11.3. The molecule has 1 aliphatic heterocycles. The van der Waals surface area contributed by atoms with Gasteiger partial charge in [-0.05, 0) is 43.4 Å². The average molecular weight is 551 g/mol. The van der Waals surface area contributed by atoms with Gasteiger partial charge in [0.15, 0.2) is 11.0 Å². The summed E-state index contributed by atoms with van der Waals surface area (Å²) in [6, 6.07) is 6.73.